The van der Waals surface area contributed by atoms with Crippen LogP contribution in [-0.4, -0.2) is 50.5 Å². The van der Waals surface area contributed by atoms with Gasteiger partial charge < -0.3 is 14.2 Å². The first kappa shape index (κ1) is 19.4. The standard InChI is InChI=1S/C21H30N4O2/c1-14(2)25-20(9-10-22-25)24-15(3)11-19(18(24)6)7-8-21(26)23-12-16(4)27-17(5)13-23/h7-11,14,16-17H,12-13H2,1-6H3/b8-7+/t16-,17-/m0/s1. The zero-order valence-electron chi connectivity index (χ0n) is 17.1. The molecule has 1 aliphatic rings. The monoisotopic (exact) mass is 370 g/mol. The maximum absolute atomic E-state index is 12.6. The molecule has 146 valence electrons. The van der Waals surface area contributed by atoms with Crippen molar-refractivity contribution < 1.29 is 9.53 Å². The second kappa shape index (κ2) is 7.72. The predicted molar refractivity (Wildman–Crippen MR) is 107 cm³/mol. The Morgan fingerprint density at radius 3 is 2.56 bits per heavy atom. The highest BCUT2D eigenvalue weighted by atomic mass is 16.5. The minimum Gasteiger partial charge on any atom is -0.372 e. The highest BCUT2D eigenvalue weighted by Crippen LogP contribution is 2.23. The summed E-state index contributed by atoms with van der Waals surface area (Å²) in [5, 5.41) is 4.44. The molecule has 27 heavy (non-hydrogen) atoms. The van der Waals surface area contributed by atoms with E-state index in [0.717, 1.165) is 22.8 Å². The summed E-state index contributed by atoms with van der Waals surface area (Å²) in [5.74, 6) is 1.08. The number of carbonyl (C=O) groups excluding carboxylic acids is 1. The van der Waals surface area contributed by atoms with Crippen LogP contribution in [0.25, 0.3) is 11.9 Å². The van der Waals surface area contributed by atoms with Crippen molar-refractivity contribution in [3.05, 3.63) is 41.4 Å². The Morgan fingerprint density at radius 1 is 1.26 bits per heavy atom. The van der Waals surface area contributed by atoms with Crippen LogP contribution in [0.2, 0.25) is 0 Å². The van der Waals surface area contributed by atoms with Crippen LogP contribution in [0.15, 0.2) is 24.4 Å². The highest BCUT2D eigenvalue weighted by molar-refractivity contribution is 5.92. The van der Waals surface area contributed by atoms with E-state index >= 15 is 0 Å². The Kier molecular flexibility index (Phi) is 5.56. The third-order valence-electron chi connectivity index (χ3n) is 4.97. The van der Waals surface area contributed by atoms with E-state index in [1.807, 2.05) is 41.8 Å². The Balaban J connectivity index is 1.83. The number of aromatic nitrogens is 3. The van der Waals surface area contributed by atoms with E-state index < -0.39 is 0 Å². The molecule has 1 fully saturated rings. The number of aryl methyl sites for hydroxylation is 1. The van der Waals surface area contributed by atoms with E-state index in [0.29, 0.717) is 13.1 Å². The lowest BCUT2D eigenvalue weighted by Gasteiger charge is -2.34. The van der Waals surface area contributed by atoms with Crippen molar-refractivity contribution in [1.82, 2.24) is 19.2 Å². The van der Waals surface area contributed by atoms with E-state index in [1.165, 1.54) is 0 Å². The maximum Gasteiger partial charge on any atom is 0.246 e. The van der Waals surface area contributed by atoms with Gasteiger partial charge in [0.2, 0.25) is 5.91 Å². The Bertz CT molecular complexity index is 836. The molecule has 1 amide bonds. The highest BCUT2D eigenvalue weighted by Gasteiger charge is 2.24. The number of hydrogen-bond donors (Lipinski definition) is 0. The van der Waals surface area contributed by atoms with E-state index in [-0.39, 0.29) is 24.2 Å². The molecule has 0 radical (unpaired) electrons. The van der Waals surface area contributed by atoms with Crippen molar-refractivity contribution in [3.63, 3.8) is 0 Å². The first-order chi connectivity index (χ1) is 12.8. The van der Waals surface area contributed by atoms with Crippen LogP contribution >= 0.6 is 0 Å². The normalized spacial score (nSPS) is 20.8. The van der Waals surface area contributed by atoms with Gasteiger partial charge in [0.25, 0.3) is 0 Å². The van der Waals surface area contributed by atoms with Crippen LogP contribution in [0.5, 0.6) is 0 Å². The molecule has 0 bridgehead atoms. The van der Waals surface area contributed by atoms with Crippen LogP contribution in [-0.2, 0) is 9.53 Å². The van der Waals surface area contributed by atoms with Gasteiger partial charge in [-0.15, -0.1) is 0 Å². The lowest BCUT2D eigenvalue weighted by atomic mass is 10.2. The lowest BCUT2D eigenvalue weighted by molar-refractivity contribution is -0.137. The molecular weight excluding hydrogens is 340 g/mol. The summed E-state index contributed by atoms with van der Waals surface area (Å²) in [7, 11) is 0. The zero-order valence-corrected chi connectivity index (χ0v) is 17.1. The quantitative estimate of drug-likeness (QED) is 0.774. The van der Waals surface area contributed by atoms with Crippen molar-refractivity contribution in [2.24, 2.45) is 0 Å². The minimum atomic E-state index is 0.0361. The van der Waals surface area contributed by atoms with Gasteiger partial charge in [0, 0.05) is 42.7 Å². The van der Waals surface area contributed by atoms with Crippen molar-refractivity contribution >= 4 is 12.0 Å². The Labute approximate surface area is 161 Å². The Morgan fingerprint density at radius 2 is 1.93 bits per heavy atom. The summed E-state index contributed by atoms with van der Waals surface area (Å²) >= 11 is 0. The summed E-state index contributed by atoms with van der Waals surface area (Å²) < 4.78 is 9.91. The average Bonchev–Trinajstić information content (AvgIpc) is 3.16. The minimum absolute atomic E-state index is 0.0361. The number of carbonyl (C=O) groups is 1. The number of ether oxygens (including phenoxy) is 1. The van der Waals surface area contributed by atoms with Crippen LogP contribution < -0.4 is 0 Å². The fourth-order valence-electron chi connectivity index (χ4n) is 3.82. The van der Waals surface area contributed by atoms with E-state index in [2.05, 4.69) is 43.4 Å². The summed E-state index contributed by atoms with van der Waals surface area (Å²) in [6.07, 6.45) is 5.58. The molecule has 0 aliphatic carbocycles. The molecule has 0 saturated carbocycles. The van der Waals surface area contributed by atoms with Gasteiger partial charge in [-0.3, -0.25) is 4.79 Å². The second-order valence-corrected chi connectivity index (χ2v) is 7.72. The molecule has 1 aliphatic heterocycles. The first-order valence-electron chi connectivity index (χ1n) is 9.63. The van der Waals surface area contributed by atoms with Crippen molar-refractivity contribution in [1.29, 1.82) is 0 Å². The average molecular weight is 370 g/mol. The van der Waals surface area contributed by atoms with Gasteiger partial charge in [0.1, 0.15) is 5.82 Å². The van der Waals surface area contributed by atoms with Crippen LogP contribution in [0, 0.1) is 13.8 Å². The summed E-state index contributed by atoms with van der Waals surface area (Å²) in [6.45, 7) is 13.7. The summed E-state index contributed by atoms with van der Waals surface area (Å²) in [4.78, 5) is 14.5. The van der Waals surface area contributed by atoms with Crippen molar-refractivity contribution in [2.75, 3.05) is 13.1 Å². The molecule has 0 aromatic carbocycles. The van der Waals surface area contributed by atoms with Gasteiger partial charge >= 0.3 is 0 Å². The largest absolute Gasteiger partial charge is 0.372 e. The third-order valence-corrected chi connectivity index (χ3v) is 4.97. The van der Waals surface area contributed by atoms with E-state index in [1.54, 1.807) is 6.08 Å². The first-order valence-corrected chi connectivity index (χ1v) is 9.63. The van der Waals surface area contributed by atoms with Gasteiger partial charge in [-0.25, -0.2) is 4.68 Å². The fraction of sp³-hybridized carbons (Fsp3) is 0.524. The number of rotatable bonds is 4. The lowest BCUT2D eigenvalue weighted by Crippen LogP contribution is -2.47. The van der Waals surface area contributed by atoms with Gasteiger partial charge in [-0.2, -0.15) is 5.10 Å². The molecule has 6 heteroatoms. The van der Waals surface area contributed by atoms with Crippen LogP contribution in [0.4, 0.5) is 0 Å². The predicted octanol–water partition coefficient (Wildman–Crippen LogP) is 3.52. The second-order valence-electron chi connectivity index (χ2n) is 7.72. The number of nitrogens with zero attached hydrogens (tertiary/aromatic N) is 4. The molecule has 2 aromatic rings. The topological polar surface area (TPSA) is 52.3 Å². The molecule has 0 spiro atoms. The van der Waals surface area contributed by atoms with Crippen LogP contribution in [0.3, 0.4) is 0 Å². The summed E-state index contributed by atoms with van der Waals surface area (Å²) in [5.41, 5.74) is 3.27. The zero-order chi connectivity index (χ0) is 19.7. The molecule has 2 atom stereocenters. The van der Waals surface area contributed by atoms with Crippen molar-refractivity contribution in [3.8, 4) is 5.82 Å². The Hall–Kier alpha value is -2.34. The number of amides is 1. The number of hydrogen-bond acceptors (Lipinski definition) is 3. The van der Waals surface area contributed by atoms with E-state index in [4.69, 9.17) is 4.74 Å². The smallest absolute Gasteiger partial charge is 0.246 e. The molecule has 2 aromatic heterocycles. The van der Waals surface area contributed by atoms with Gasteiger partial charge in [-0.1, -0.05) is 0 Å². The molecule has 3 rings (SSSR count). The van der Waals surface area contributed by atoms with E-state index in [9.17, 15) is 4.79 Å². The number of morpholine rings is 1. The molecule has 3 heterocycles. The third kappa shape index (κ3) is 4.00. The maximum atomic E-state index is 12.6. The summed E-state index contributed by atoms with van der Waals surface area (Å²) in [6, 6.07) is 4.42. The molecule has 0 unspecified atom stereocenters. The van der Waals surface area contributed by atoms with Crippen molar-refractivity contribution in [2.45, 2.75) is 59.8 Å². The van der Waals surface area contributed by atoms with Crippen LogP contribution in [0.1, 0.15) is 50.7 Å². The van der Waals surface area contributed by atoms with Gasteiger partial charge in [0.15, 0.2) is 0 Å². The molecular formula is C21H30N4O2. The molecule has 0 N–H and O–H groups in total. The molecule has 1 saturated heterocycles. The van der Waals surface area contributed by atoms with Gasteiger partial charge in [0.05, 0.1) is 18.4 Å². The SMILES string of the molecule is Cc1cc(/C=C/C(=O)N2C[C@H](C)O[C@@H](C)C2)c(C)n1-c1ccnn1C(C)C. The van der Waals surface area contributed by atoms with Gasteiger partial charge in [-0.05, 0) is 59.2 Å². The fourth-order valence-corrected chi connectivity index (χ4v) is 3.82. The molecule has 6 nitrogen and oxygen atoms in total.